The molecule has 0 fully saturated rings. The van der Waals surface area contributed by atoms with Crippen LogP contribution in [-0.4, -0.2) is 42.9 Å². The van der Waals surface area contributed by atoms with Crippen molar-refractivity contribution < 1.29 is 29.8 Å². The van der Waals surface area contributed by atoms with Crippen LogP contribution in [0.2, 0.25) is 0 Å². The van der Waals surface area contributed by atoms with Crippen molar-refractivity contribution in [1.82, 2.24) is 0 Å². The Kier molecular flexibility index (Phi) is 25.4. The van der Waals surface area contributed by atoms with Gasteiger partial charge in [-0.05, 0) is 0 Å². The fourth-order valence-electron chi connectivity index (χ4n) is 0. The Labute approximate surface area is 70.2 Å². The van der Waals surface area contributed by atoms with E-state index in [9.17, 15) is 0 Å². The van der Waals surface area contributed by atoms with Crippen LogP contribution in [0.4, 0.5) is 0 Å². The number of rotatable bonds is 0. The number of hydrogen-bond donors (Lipinski definition) is 2. The maximum atomic E-state index is 8.67. The largest absolute Gasteiger partial charge is 0 e. The van der Waals surface area contributed by atoms with E-state index in [1.165, 1.54) is 0 Å². The Hall–Kier alpha value is 1.56. The molecule has 0 atom stereocenters. The summed E-state index contributed by atoms with van der Waals surface area (Å²) in [4.78, 5) is 0. The standard InChI is InChI=1S/Na.Ni.H2O3S.H/c;;1-4(2)3;/h;;(H2,1,2,3);. The van der Waals surface area contributed by atoms with Gasteiger partial charge in [0.25, 0.3) is 11.4 Å². The summed E-state index contributed by atoms with van der Waals surface area (Å²) in [5.41, 5.74) is 0. The van der Waals surface area contributed by atoms with Crippen LogP contribution in [0, 0.1) is 0 Å². The van der Waals surface area contributed by atoms with Crippen LogP contribution in [-0.2, 0) is 27.9 Å². The predicted octanol–water partition coefficient (Wildman–Crippen LogP) is -0.970. The summed E-state index contributed by atoms with van der Waals surface area (Å²) in [6.45, 7) is 0. The van der Waals surface area contributed by atoms with E-state index in [1.807, 2.05) is 0 Å². The molecule has 6 heavy (non-hydrogen) atoms. The van der Waals surface area contributed by atoms with Gasteiger partial charge < -0.3 is 0 Å². The van der Waals surface area contributed by atoms with Crippen LogP contribution < -0.4 is 0 Å². The van der Waals surface area contributed by atoms with Gasteiger partial charge in [-0.1, -0.05) is 0 Å². The average Bonchev–Trinajstić information content (AvgIpc) is 0.811. The monoisotopic (exact) mass is 164 g/mol. The van der Waals surface area contributed by atoms with Gasteiger partial charge in [0.2, 0.25) is 0 Å². The summed E-state index contributed by atoms with van der Waals surface area (Å²) >= 11 is -2.61. The third-order valence-corrected chi connectivity index (χ3v) is 0. The third-order valence-electron chi connectivity index (χ3n) is 0. The van der Waals surface area contributed by atoms with Crippen LogP contribution in [0.25, 0.3) is 0 Å². The molecule has 0 radical (unpaired) electrons. The summed E-state index contributed by atoms with van der Waals surface area (Å²) < 4.78 is 22.8. The van der Waals surface area contributed by atoms with Crippen molar-refractivity contribution in [3.05, 3.63) is 0 Å². The van der Waals surface area contributed by atoms with Gasteiger partial charge in [-0.15, -0.1) is 0 Å². The van der Waals surface area contributed by atoms with Crippen molar-refractivity contribution in [2.24, 2.45) is 0 Å². The van der Waals surface area contributed by atoms with Gasteiger partial charge in [-0.3, -0.25) is 9.11 Å². The van der Waals surface area contributed by atoms with Crippen molar-refractivity contribution >= 4 is 40.9 Å². The van der Waals surface area contributed by atoms with Gasteiger partial charge in [0.05, 0.1) is 0 Å². The third kappa shape index (κ3) is 47.4. The SMILES string of the molecule is O=S(O)O.[NaH].[Ni]. The molecule has 0 saturated carbocycles. The summed E-state index contributed by atoms with van der Waals surface area (Å²) in [5.74, 6) is 0. The van der Waals surface area contributed by atoms with Crippen LogP contribution in [0.3, 0.4) is 0 Å². The van der Waals surface area contributed by atoms with Crippen molar-refractivity contribution in [1.29, 1.82) is 0 Å². The zero-order valence-corrected chi connectivity index (χ0v) is 3.83. The predicted molar refractivity (Wildman–Crippen MR) is 20.5 cm³/mol. The Bertz CT molecular complexity index is 33.8. The van der Waals surface area contributed by atoms with Gasteiger partial charge in [0.1, 0.15) is 0 Å². The second-order valence-corrected chi connectivity index (χ2v) is 0.692. The minimum Gasteiger partial charge on any atom is 0 e. The minimum absolute atomic E-state index is 0. The second-order valence-electron chi connectivity index (χ2n) is 0.231. The van der Waals surface area contributed by atoms with Gasteiger partial charge in [-0.2, -0.15) is 4.21 Å². The molecule has 0 aromatic rings. The summed E-state index contributed by atoms with van der Waals surface area (Å²) in [5, 5.41) is 0. The molecule has 0 saturated heterocycles. The summed E-state index contributed by atoms with van der Waals surface area (Å²) in [6.07, 6.45) is 0. The molecular formula is H3NaNiO3S. The fourth-order valence-corrected chi connectivity index (χ4v) is 0. The summed E-state index contributed by atoms with van der Waals surface area (Å²) in [7, 11) is 0. The Morgan fingerprint density at radius 2 is 1.33 bits per heavy atom. The first-order valence-corrected chi connectivity index (χ1v) is 1.60. The van der Waals surface area contributed by atoms with E-state index in [1.54, 1.807) is 0 Å². The molecule has 6 heteroatoms. The van der Waals surface area contributed by atoms with E-state index in [2.05, 4.69) is 0 Å². The Balaban J connectivity index is -0.0000000450. The number of hydrogen-bond acceptors (Lipinski definition) is 1. The first-order valence-electron chi connectivity index (χ1n) is 0.532. The smallest absolute Gasteiger partial charge is 0 e. The van der Waals surface area contributed by atoms with Crippen molar-refractivity contribution in [2.75, 3.05) is 0 Å². The van der Waals surface area contributed by atoms with Crippen LogP contribution in [0.15, 0.2) is 0 Å². The molecule has 0 aromatic heterocycles. The van der Waals surface area contributed by atoms with E-state index in [0.717, 1.165) is 0 Å². The first-order chi connectivity index (χ1) is 1.73. The molecule has 0 aliphatic rings. The summed E-state index contributed by atoms with van der Waals surface area (Å²) in [6, 6.07) is 0. The molecule has 0 aliphatic heterocycles. The molecule has 38 valence electrons. The van der Waals surface area contributed by atoms with Crippen molar-refractivity contribution in [3.8, 4) is 0 Å². The molecular weight excluding hydrogens is 162 g/mol. The van der Waals surface area contributed by atoms with Crippen LogP contribution in [0.5, 0.6) is 0 Å². The zero-order chi connectivity index (χ0) is 3.58. The Morgan fingerprint density at radius 1 is 1.33 bits per heavy atom. The molecule has 0 aliphatic carbocycles. The molecule has 0 amide bonds. The minimum atomic E-state index is -2.61. The maximum absolute atomic E-state index is 8.67. The molecule has 0 unspecified atom stereocenters. The fraction of sp³-hybridized carbons (Fsp3) is 0. The van der Waals surface area contributed by atoms with E-state index in [4.69, 9.17) is 13.3 Å². The van der Waals surface area contributed by atoms with Gasteiger partial charge >= 0.3 is 29.6 Å². The van der Waals surface area contributed by atoms with Crippen LogP contribution in [0.1, 0.15) is 0 Å². The van der Waals surface area contributed by atoms with Gasteiger partial charge in [0, 0.05) is 16.5 Å². The molecule has 0 heterocycles. The van der Waals surface area contributed by atoms with Crippen molar-refractivity contribution in [3.63, 3.8) is 0 Å². The van der Waals surface area contributed by atoms with E-state index in [0.29, 0.717) is 0 Å². The van der Waals surface area contributed by atoms with Gasteiger partial charge in [-0.25, -0.2) is 0 Å². The van der Waals surface area contributed by atoms with Crippen LogP contribution >= 0.6 is 0 Å². The molecule has 0 bridgehead atoms. The maximum Gasteiger partial charge on any atom is 0 e. The topological polar surface area (TPSA) is 57.5 Å². The first kappa shape index (κ1) is 15.6. The molecule has 2 N–H and O–H groups in total. The normalized spacial score (nSPS) is 5.83. The molecule has 3 nitrogen and oxygen atoms in total. The molecule has 0 rings (SSSR count). The average molecular weight is 165 g/mol. The quantitative estimate of drug-likeness (QED) is 0.358. The molecule has 0 aromatic carbocycles. The Morgan fingerprint density at radius 3 is 1.33 bits per heavy atom. The second kappa shape index (κ2) is 9.76. The van der Waals surface area contributed by atoms with E-state index >= 15 is 0 Å². The van der Waals surface area contributed by atoms with Gasteiger partial charge in [0.15, 0.2) is 0 Å². The molecule has 0 spiro atoms. The van der Waals surface area contributed by atoms with E-state index in [-0.39, 0.29) is 46.0 Å². The van der Waals surface area contributed by atoms with Crippen molar-refractivity contribution in [2.45, 2.75) is 0 Å². The van der Waals surface area contributed by atoms with E-state index < -0.39 is 11.4 Å². The zero-order valence-electron chi connectivity index (χ0n) is 2.03.